The number of halogens is 1. The van der Waals surface area contributed by atoms with Crippen molar-refractivity contribution < 1.29 is 13.9 Å². The zero-order chi connectivity index (χ0) is 27.1. The molecule has 0 radical (unpaired) electrons. The van der Waals surface area contributed by atoms with Crippen molar-refractivity contribution in [3.63, 3.8) is 0 Å². The van der Waals surface area contributed by atoms with Crippen molar-refractivity contribution in [2.24, 2.45) is 0 Å². The van der Waals surface area contributed by atoms with Gasteiger partial charge >= 0.3 is 6.09 Å². The van der Waals surface area contributed by atoms with Gasteiger partial charge in [0.15, 0.2) is 11.5 Å². The summed E-state index contributed by atoms with van der Waals surface area (Å²) < 4.78 is 24.4. The van der Waals surface area contributed by atoms with Gasteiger partial charge in [-0.3, -0.25) is 9.67 Å². The largest absolute Gasteiger partial charge is 0.444 e. The van der Waals surface area contributed by atoms with E-state index < -0.39 is 5.60 Å². The number of amides is 1. The van der Waals surface area contributed by atoms with E-state index in [9.17, 15) is 4.79 Å². The van der Waals surface area contributed by atoms with E-state index in [-0.39, 0.29) is 18.0 Å². The second-order valence-corrected chi connectivity index (χ2v) is 11.1. The number of carbonyl (C=O) groups is 1. The SMILES string of the molecule is CC(C)(C)OC(=O)N1CCC(n2cc(-c3cc(F)c4ncc(Cc5ccc6ncccc6c5)n4c3)cn2)CC1. The van der Waals surface area contributed by atoms with Crippen LogP contribution in [0.3, 0.4) is 0 Å². The molecule has 5 aromatic rings. The number of piperidine rings is 1. The molecule has 0 spiro atoms. The number of aromatic nitrogens is 5. The highest BCUT2D eigenvalue weighted by Crippen LogP contribution is 2.28. The topological polar surface area (TPSA) is 77.5 Å². The van der Waals surface area contributed by atoms with Crippen molar-refractivity contribution in [1.29, 1.82) is 0 Å². The van der Waals surface area contributed by atoms with Gasteiger partial charge in [0.2, 0.25) is 0 Å². The molecule has 0 aliphatic carbocycles. The van der Waals surface area contributed by atoms with Crippen LogP contribution in [0.25, 0.3) is 27.7 Å². The molecule has 0 unspecified atom stereocenters. The fourth-order valence-electron chi connectivity index (χ4n) is 5.15. The van der Waals surface area contributed by atoms with E-state index >= 15 is 4.39 Å². The maximum absolute atomic E-state index is 15.1. The first-order valence-corrected chi connectivity index (χ1v) is 13.3. The Bertz CT molecular complexity index is 1660. The Morgan fingerprint density at radius 2 is 1.87 bits per heavy atom. The molecule has 1 saturated heterocycles. The third kappa shape index (κ3) is 5.21. The van der Waals surface area contributed by atoms with Crippen LogP contribution < -0.4 is 0 Å². The molecule has 0 N–H and O–H groups in total. The lowest BCUT2D eigenvalue weighted by molar-refractivity contribution is 0.0185. The molecule has 200 valence electrons. The van der Waals surface area contributed by atoms with Crippen LogP contribution in [0.1, 0.15) is 50.9 Å². The monoisotopic (exact) mass is 526 g/mol. The molecular weight excluding hydrogens is 495 g/mol. The van der Waals surface area contributed by atoms with Gasteiger partial charge in [0.25, 0.3) is 0 Å². The highest BCUT2D eigenvalue weighted by molar-refractivity contribution is 5.79. The highest BCUT2D eigenvalue weighted by Gasteiger charge is 2.28. The van der Waals surface area contributed by atoms with Gasteiger partial charge in [0, 0.05) is 66.5 Å². The van der Waals surface area contributed by atoms with E-state index in [4.69, 9.17) is 4.74 Å². The van der Waals surface area contributed by atoms with Crippen molar-refractivity contribution in [2.75, 3.05) is 13.1 Å². The van der Waals surface area contributed by atoms with Crippen LogP contribution in [-0.2, 0) is 11.2 Å². The van der Waals surface area contributed by atoms with Crippen molar-refractivity contribution in [2.45, 2.75) is 51.7 Å². The van der Waals surface area contributed by atoms with Crippen molar-refractivity contribution >= 4 is 22.6 Å². The number of fused-ring (bicyclic) bond motifs is 2. The summed E-state index contributed by atoms with van der Waals surface area (Å²) in [6.07, 6.45) is 11.1. The zero-order valence-electron chi connectivity index (χ0n) is 22.3. The quantitative estimate of drug-likeness (QED) is 0.285. The number of hydrogen-bond donors (Lipinski definition) is 0. The average Bonchev–Trinajstić information content (AvgIpc) is 3.56. The number of rotatable bonds is 4. The number of hydrogen-bond acceptors (Lipinski definition) is 5. The molecule has 0 atom stereocenters. The molecular formula is C30H31FN6O2. The van der Waals surface area contributed by atoms with E-state index in [1.165, 1.54) is 6.07 Å². The molecule has 4 aromatic heterocycles. The number of carbonyl (C=O) groups excluding carboxylic acids is 1. The fraction of sp³-hybridized carbons (Fsp3) is 0.333. The Kier molecular flexibility index (Phi) is 6.29. The molecule has 5 heterocycles. The van der Waals surface area contributed by atoms with Gasteiger partial charge in [-0.15, -0.1) is 0 Å². The standard InChI is InChI=1S/C30H31FN6O2/c1-30(2,3)39-29(38)35-11-8-24(9-12-35)37-19-23(16-34-37)22-15-26(31)28-33-17-25(36(28)18-22)14-20-6-7-27-21(13-20)5-4-10-32-27/h4-7,10,13,15-19,24H,8-9,11-12,14H2,1-3H3. The van der Waals surface area contributed by atoms with E-state index in [0.29, 0.717) is 25.2 Å². The van der Waals surface area contributed by atoms with E-state index in [1.807, 2.05) is 66.5 Å². The van der Waals surface area contributed by atoms with E-state index in [1.54, 1.807) is 23.5 Å². The lowest BCUT2D eigenvalue weighted by Crippen LogP contribution is -2.42. The Hall–Kier alpha value is -4.27. The van der Waals surface area contributed by atoms with Crippen molar-refractivity contribution in [1.82, 2.24) is 29.0 Å². The van der Waals surface area contributed by atoms with Gasteiger partial charge in [-0.2, -0.15) is 5.10 Å². The third-order valence-corrected chi connectivity index (χ3v) is 7.12. The molecule has 0 bridgehead atoms. The van der Waals surface area contributed by atoms with Gasteiger partial charge in [-0.1, -0.05) is 12.1 Å². The van der Waals surface area contributed by atoms with E-state index in [0.717, 1.165) is 46.1 Å². The minimum absolute atomic E-state index is 0.164. The zero-order valence-corrected chi connectivity index (χ0v) is 22.3. The van der Waals surface area contributed by atoms with Crippen LogP contribution in [-0.4, -0.2) is 53.8 Å². The molecule has 1 amide bonds. The van der Waals surface area contributed by atoms with Gasteiger partial charge in [0.05, 0.1) is 17.8 Å². The summed E-state index contributed by atoms with van der Waals surface area (Å²) in [6, 6.07) is 11.8. The predicted molar refractivity (Wildman–Crippen MR) is 147 cm³/mol. The smallest absolute Gasteiger partial charge is 0.410 e. The third-order valence-electron chi connectivity index (χ3n) is 7.12. The van der Waals surface area contributed by atoms with Gasteiger partial charge in [0.1, 0.15) is 5.60 Å². The van der Waals surface area contributed by atoms with Gasteiger partial charge < -0.3 is 14.0 Å². The molecule has 1 aromatic carbocycles. The normalized spacial score (nSPS) is 14.8. The Morgan fingerprint density at radius 1 is 1.05 bits per heavy atom. The molecule has 9 heteroatoms. The molecule has 6 rings (SSSR count). The first kappa shape index (κ1) is 25.0. The molecule has 8 nitrogen and oxygen atoms in total. The first-order chi connectivity index (χ1) is 18.7. The minimum atomic E-state index is -0.511. The number of likely N-dealkylation sites (tertiary alicyclic amines) is 1. The van der Waals surface area contributed by atoms with Crippen LogP contribution in [0.5, 0.6) is 0 Å². The summed E-state index contributed by atoms with van der Waals surface area (Å²) in [5, 5.41) is 5.66. The summed E-state index contributed by atoms with van der Waals surface area (Å²) in [4.78, 5) is 22.9. The fourth-order valence-corrected chi connectivity index (χ4v) is 5.15. The maximum atomic E-state index is 15.1. The summed E-state index contributed by atoms with van der Waals surface area (Å²) in [5.41, 5.74) is 4.31. The summed E-state index contributed by atoms with van der Waals surface area (Å²) >= 11 is 0. The number of pyridine rings is 2. The Balaban J connectivity index is 1.20. The lowest BCUT2D eigenvalue weighted by atomic mass is 10.1. The predicted octanol–water partition coefficient (Wildman–Crippen LogP) is 6.05. The molecule has 1 fully saturated rings. The van der Waals surface area contributed by atoms with Gasteiger partial charge in [-0.25, -0.2) is 14.2 Å². The number of imidazole rings is 1. The molecule has 0 saturated carbocycles. The van der Waals surface area contributed by atoms with E-state index in [2.05, 4.69) is 21.1 Å². The second kappa shape index (κ2) is 9.80. The van der Waals surface area contributed by atoms with Crippen LogP contribution >= 0.6 is 0 Å². The van der Waals surface area contributed by atoms with Gasteiger partial charge in [-0.05, 0) is 63.4 Å². The summed E-state index contributed by atoms with van der Waals surface area (Å²) in [6.45, 7) is 6.84. The number of nitrogens with zero attached hydrogens (tertiary/aromatic N) is 6. The minimum Gasteiger partial charge on any atom is -0.444 e. The van der Waals surface area contributed by atoms with Crippen molar-refractivity contribution in [3.8, 4) is 11.1 Å². The highest BCUT2D eigenvalue weighted by atomic mass is 19.1. The molecule has 1 aliphatic heterocycles. The summed E-state index contributed by atoms with van der Waals surface area (Å²) in [7, 11) is 0. The van der Waals surface area contributed by atoms with Crippen molar-refractivity contribution in [3.05, 3.63) is 84.5 Å². The molecule has 39 heavy (non-hydrogen) atoms. The van der Waals surface area contributed by atoms with Crippen LogP contribution in [0, 0.1) is 5.82 Å². The number of benzene rings is 1. The Labute approximate surface area is 226 Å². The summed E-state index contributed by atoms with van der Waals surface area (Å²) in [5.74, 6) is -0.375. The number of ether oxygens (including phenoxy) is 1. The van der Waals surface area contributed by atoms with Crippen LogP contribution in [0.4, 0.5) is 9.18 Å². The second-order valence-electron chi connectivity index (χ2n) is 11.1. The molecule has 1 aliphatic rings. The van der Waals surface area contributed by atoms with Crippen LogP contribution in [0.2, 0.25) is 0 Å². The average molecular weight is 527 g/mol. The maximum Gasteiger partial charge on any atom is 0.410 e. The first-order valence-electron chi connectivity index (χ1n) is 13.3. The Morgan fingerprint density at radius 3 is 2.67 bits per heavy atom. The van der Waals surface area contributed by atoms with Crippen LogP contribution in [0.15, 0.2) is 67.4 Å². The lowest BCUT2D eigenvalue weighted by Gasteiger charge is -2.33.